The first-order chi connectivity index (χ1) is 8.54. The molecule has 98 valence electrons. The predicted molar refractivity (Wildman–Crippen MR) is 71.5 cm³/mol. The van der Waals surface area contributed by atoms with E-state index in [1.165, 1.54) is 20.0 Å². The minimum atomic E-state index is -0.248. The summed E-state index contributed by atoms with van der Waals surface area (Å²) in [6, 6.07) is 7.71. The summed E-state index contributed by atoms with van der Waals surface area (Å²) in [6.07, 6.45) is 2.45. The lowest BCUT2D eigenvalue weighted by Crippen LogP contribution is -2.37. The van der Waals surface area contributed by atoms with Crippen molar-refractivity contribution in [3.8, 4) is 0 Å². The van der Waals surface area contributed by atoms with Crippen molar-refractivity contribution in [1.82, 2.24) is 4.90 Å². The van der Waals surface area contributed by atoms with E-state index in [-0.39, 0.29) is 11.5 Å². The zero-order valence-electron chi connectivity index (χ0n) is 11.4. The van der Waals surface area contributed by atoms with Crippen LogP contribution in [0.2, 0.25) is 0 Å². The minimum absolute atomic E-state index is 0.225. The molecule has 0 aromatic heterocycles. The molecule has 0 bridgehead atoms. The molecule has 0 aliphatic carbocycles. The van der Waals surface area contributed by atoms with Crippen LogP contribution in [0.5, 0.6) is 0 Å². The van der Waals surface area contributed by atoms with Crippen LogP contribution in [0.3, 0.4) is 0 Å². The van der Waals surface area contributed by atoms with E-state index >= 15 is 0 Å². The van der Waals surface area contributed by atoms with Gasteiger partial charge >= 0.3 is 5.97 Å². The fraction of sp³-hybridized carbons (Fsp3) is 0.533. The summed E-state index contributed by atoms with van der Waals surface area (Å²) in [6.45, 7) is 6.45. The van der Waals surface area contributed by atoms with Crippen molar-refractivity contribution in [3.05, 3.63) is 35.4 Å². The first kappa shape index (κ1) is 13.1. The van der Waals surface area contributed by atoms with E-state index in [1.54, 1.807) is 0 Å². The molecule has 1 fully saturated rings. The molecule has 1 aromatic rings. The predicted octanol–water partition coefficient (Wildman–Crippen LogP) is 2.85. The summed E-state index contributed by atoms with van der Waals surface area (Å²) >= 11 is 0. The molecule has 1 aliphatic rings. The van der Waals surface area contributed by atoms with Gasteiger partial charge in [-0.2, -0.15) is 0 Å². The van der Waals surface area contributed by atoms with E-state index in [1.807, 2.05) is 24.3 Å². The van der Waals surface area contributed by atoms with E-state index < -0.39 is 0 Å². The maximum absolute atomic E-state index is 11.7. The third-order valence-electron chi connectivity index (χ3n) is 3.86. The van der Waals surface area contributed by atoms with Gasteiger partial charge in [-0.1, -0.05) is 18.2 Å². The largest absolute Gasteiger partial charge is 0.465 e. The minimum Gasteiger partial charge on any atom is -0.465 e. The van der Waals surface area contributed by atoms with E-state index in [9.17, 15) is 4.79 Å². The number of nitrogens with zero attached hydrogens (tertiary/aromatic N) is 1. The lowest BCUT2D eigenvalue weighted by molar-refractivity contribution is 0.0596. The molecule has 2 rings (SSSR count). The number of ether oxygens (including phenoxy) is 1. The number of hydrogen-bond donors (Lipinski definition) is 0. The van der Waals surface area contributed by atoms with Gasteiger partial charge in [0.1, 0.15) is 0 Å². The highest BCUT2D eigenvalue weighted by atomic mass is 16.5. The summed E-state index contributed by atoms with van der Waals surface area (Å²) in [7, 11) is 1.43. The number of rotatable bonds is 3. The molecule has 3 heteroatoms. The number of hydrogen-bond acceptors (Lipinski definition) is 3. The quantitative estimate of drug-likeness (QED) is 0.769. The summed E-state index contributed by atoms with van der Waals surface area (Å²) in [5.41, 5.74) is 1.96. The van der Waals surface area contributed by atoms with Crippen LogP contribution in [-0.4, -0.2) is 30.1 Å². The number of carbonyl (C=O) groups is 1. The second kappa shape index (κ2) is 5.11. The fourth-order valence-corrected chi connectivity index (χ4v) is 2.63. The Morgan fingerprint density at radius 3 is 2.72 bits per heavy atom. The van der Waals surface area contributed by atoms with E-state index in [0.717, 1.165) is 18.7 Å². The van der Waals surface area contributed by atoms with E-state index in [4.69, 9.17) is 4.74 Å². The topological polar surface area (TPSA) is 29.5 Å². The van der Waals surface area contributed by atoms with Crippen LogP contribution in [0, 0.1) is 0 Å². The fourth-order valence-electron chi connectivity index (χ4n) is 2.63. The normalized spacial score (nSPS) is 18.8. The monoisotopic (exact) mass is 247 g/mol. The Bertz CT molecular complexity index is 440. The molecule has 0 N–H and O–H groups in total. The van der Waals surface area contributed by atoms with Gasteiger partial charge < -0.3 is 4.74 Å². The molecule has 0 unspecified atom stereocenters. The highest BCUT2D eigenvalue weighted by molar-refractivity contribution is 5.90. The van der Waals surface area contributed by atoms with Crippen molar-refractivity contribution in [2.45, 2.75) is 38.8 Å². The first-order valence-electron chi connectivity index (χ1n) is 6.46. The van der Waals surface area contributed by atoms with Gasteiger partial charge in [0, 0.05) is 12.1 Å². The number of methoxy groups -OCH3 is 1. The van der Waals surface area contributed by atoms with Gasteiger partial charge in [-0.05, 0) is 44.9 Å². The second-order valence-electron chi connectivity index (χ2n) is 5.49. The highest BCUT2D eigenvalue weighted by Crippen LogP contribution is 2.30. The maximum Gasteiger partial charge on any atom is 0.338 e. The van der Waals surface area contributed by atoms with Crippen LogP contribution >= 0.6 is 0 Å². The Morgan fingerprint density at radius 1 is 1.39 bits per heavy atom. The Kier molecular flexibility index (Phi) is 3.71. The van der Waals surface area contributed by atoms with E-state index in [2.05, 4.69) is 18.7 Å². The number of benzene rings is 1. The molecular formula is C15H21NO2. The van der Waals surface area contributed by atoms with Crippen molar-refractivity contribution in [2.24, 2.45) is 0 Å². The van der Waals surface area contributed by atoms with Crippen molar-refractivity contribution < 1.29 is 9.53 Å². The molecule has 1 aromatic carbocycles. The smallest absolute Gasteiger partial charge is 0.338 e. The summed E-state index contributed by atoms with van der Waals surface area (Å²) < 4.78 is 4.84. The second-order valence-corrected chi connectivity index (χ2v) is 5.49. The van der Waals surface area contributed by atoms with Gasteiger partial charge in [-0.15, -0.1) is 0 Å². The SMILES string of the molecule is COC(=O)c1ccccc1CN1CCCC1(C)C. The van der Waals surface area contributed by atoms with Crippen molar-refractivity contribution >= 4 is 5.97 Å². The van der Waals surface area contributed by atoms with Gasteiger partial charge in [-0.25, -0.2) is 4.79 Å². The summed E-state index contributed by atoms with van der Waals surface area (Å²) in [4.78, 5) is 14.2. The first-order valence-corrected chi connectivity index (χ1v) is 6.46. The molecule has 0 amide bonds. The molecule has 0 saturated carbocycles. The molecule has 1 aliphatic heterocycles. The Balaban J connectivity index is 2.21. The number of likely N-dealkylation sites (tertiary alicyclic amines) is 1. The zero-order chi connectivity index (χ0) is 13.2. The third kappa shape index (κ3) is 2.56. The molecule has 0 atom stereocenters. The molecular weight excluding hydrogens is 226 g/mol. The van der Waals surface area contributed by atoms with Crippen LogP contribution in [0.4, 0.5) is 0 Å². The molecule has 1 heterocycles. The average Bonchev–Trinajstić information content (AvgIpc) is 2.68. The molecule has 18 heavy (non-hydrogen) atoms. The van der Waals surface area contributed by atoms with Crippen LogP contribution in [0.25, 0.3) is 0 Å². The van der Waals surface area contributed by atoms with Gasteiger partial charge in [-0.3, -0.25) is 4.90 Å². The van der Waals surface area contributed by atoms with Crippen LogP contribution in [0.15, 0.2) is 24.3 Å². The van der Waals surface area contributed by atoms with Crippen molar-refractivity contribution in [2.75, 3.05) is 13.7 Å². The lowest BCUT2D eigenvalue weighted by Gasteiger charge is -2.32. The Labute approximate surface area is 109 Å². The molecule has 0 radical (unpaired) electrons. The van der Waals surface area contributed by atoms with Crippen LogP contribution in [0.1, 0.15) is 42.6 Å². The number of esters is 1. The van der Waals surface area contributed by atoms with Gasteiger partial charge in [0.15, 0.2) is 0 Å². The van der Waals surface area contributed by atoms with Gasteiger partial charge in [0.25, 0.3) is 0 Å². The van der Waals surface area contributed by atoms with Gasteiger partial charge in [0.05, 0.1) is 12.7 Å². The average molecular weight is 247 g/mol. The third-order valence-corrected chi connectivity index (χ3v) is 3.86. The van der Waals surface area contributed by atoms with Crippen molar-refractivity contribution in [3.63, 3.8) is 0 Å². The highest BCUT2D eigenvalue weighted by Gasteiger charge is 2.32. The zero-order valence-corrected chi connectivity index (χ0v) is 11.4. The number of carbonyl (C=O) groups excluding carboxylic acids is 1. The summed E-state index contributed by atoms with van der Waals surface area (Å²) in [5, 5.41) is 0. The summed E-state index contributed by atoms with van der Waals surface area (Å²) in [5.74, 6) is -0.248. The van der Waals surface area contributed by atoms with Crippen molar-refractivity contribution in [1.29, 1.82) is 0 Å². The Hall–Kier alpha value is -1.35. The molecule has 1 saturated heterocycles. The maximum atomic E-state index is 11.7. The lowest BCUT2D eigenvalue weighted by atomic mass is 10.0. The van der Waals surface area contributed by atoms with E-state index in [0.29, 0.717) is 5.56 Å². The van der Waals surface area contributed by atoms with Crippen LogP contribution < -0.4 is 0 Å². The van der Waals surface area contributed by atoms with Crippen LogP contribution in [-0.2, 0) is 11.3 Å². The molecule has 3 nitrogen and oxygen atoms in total. The standard InChI is InChI=1S/C15H21NO2/c1-15(2)9-6-10-16(15)11-12-7-4-5-8-13(12)14(17)18-3/h4-5,7-8H,6,9-11H2,1-3H3. The van der Waals surface area contributed by atoms with Gasteiger partial charge in [0.2, 0.25) is 0 Å². The Morgan fingerprint density at radius 2 is 2.11 bits per heavy atom. The molecule has 0 spiro atoms.